The van der Waals surface area contributed by atoms with Crippen molar-refractivity contribution < 1.29 is 0 Å². The summed E-state index contributed by atoms with van der Waals surface area (Å²) in [7, 11) is 2.02. The van der Waals surface area contributed by atoms with Gasteiger partial charge in [-0.05, 0) is 57.5 Å². The second-order valence-electron chi connectivity index (χ2n) is 8.69. The minimum Gasteiger partial charge on any atom is -0.355 e. The first-order chi connectivity index (χ1) is 13.1. The maximum Gasteiger partial charge on any atom is 0.194 e. The first-order valence-corrected chi connectivity index (χ1v) is 10.7. The molecule has 2 aliphatic heterocycles. The monoisotopic (exact) mass is 501 g/mol. The van der Waals surface area contributed by atoms with Crippen molar-refractivity contribution >= 4 is 29.9 Å². The number of nitrogens with one attached hydrogen (secondary N) is 1. The average Bonchev–Trinajstić information content (AvgIpc) is 3.35. The summed E-state index contributed by atoms with van der Waals surface area (Å²) in [4.78, 5) is 10.1. The zero-order valence-electron chi connectivity index (χ0n) is 17.7. The topological polar surface area (TPSA) is 61.6 Å². The Morgan fingerprint density at radius 3 is 2.64 bits per heavy atom. The van der Waals surface area contributed by atoms with Crippen molar-refractivity contribution in [1.29, 1.82) is 0 Å². The van der Waals surface area contributed by atoms with Crippen LogP contribution >= 0.6 is 24.0 Å². The summed E-state index contributed by atoms with van der Waals surface area (Å²) in [5, 5.41) is 12.2. The van der Waals surface area contributed by atoms with Gasteiger partial charge in [-0.2, -0.15) is 0 Å². The summed E-state index contributed by atoms with van der Waals surface area (Å²) in [6.07, 6.45) is 8.12. The molecule has 1 aliphatic carbocycles. The number of rotatable bonds is 5. The Hall–Kier alpha value is -0.900. The maximum absolute atomic E-state index is 4.98. The van der Waals surface area contributed by atoms with E-state index in [9.17, 15) is 0 Å². The lowest BCUT2D eigenvalue weighted by Crippen LogP contribution is -2.47. The van der Waals surface area contributed by atoms with Crippen LogP contribution in [-0.2, 0) is 13.6 Å². The first kappa shape index (κ1) is 21.8. The number of nitrogens with zero attached hydrogens (tertiary/aromatic N) is 6. The minimum absolute atomic E-state index is 0. The molecular weight excluding hydrogens is 465 g/mol. The zero-order chi connectivity index (χ0) is 18.9. The summed E-state index contributed by atoms with van der Waals surface area (Å²) < 4.78 is 2.04. The van der Waals surface area contributed by atoms with E-state index < -0.39 is 0 Å². The van der Waals surface area contributed by atoms with Crippen LogP contribution in [0, 0.1) is 12.3 Å². The maximum atomic E-state index is 4.98. The van der Waals surface area contributed by atoms with E-state index in [-0.39, 0.29) is 24.0 Å². The van der Waals surface area contributed by atoms with Gasteiger partial charge in [0.25, 0.3) is 0 Å². The fraction of sp³-hybridized carbons (Fsp3) is 0.850. The molecule has 28 heavy (non-hydrogen) atoms. The molecule has 0 bridgehead atoms. The smallest absolute Gasteiger partial charge is 0.194 e. The van der Waals surface area contributed by atoms with Gasteiger partial charge in [-0.25, -0.2) is 4.99 Å². The highest BCUT2D eigenvalue weighted by Crippen LogP contribution is 2.47. The van der Waals surface area contributed by atoms with Crippen LogP contribution in [0.4, 0.5) is 0 Å². The van der Waals surface area contributed by atoms with E-state index in [2.05, 4.69) is 32.2 Å². The number of likely N-dealkylation sites (N-methyl/N-ethyl adjacent to an activating group) is 1. The molecule has 8 heteroatoms. The van der Waals surface area contributed by atoms with Crippen LogP contribution in [0.25, 0.3) is 0 Å². The molecule has 1 N–H and O–H groups in total. The molecule has 2 saturated heterocycles. The molecule has 3 heterocycles. The van der Waals surface area contributed by atoms with Gasteiger partial charge in [0.05, 0.1) is 0 Å². The predicted octanol–water partition coefficient (Wildman–Crippen LogP) is 2.55. The number of guanidine groups is 1. The Kier molecular flexibility index (Phi) is 7.22. The van der Waals surface area contributed by atoms with Crippen LogP contribution in [0.15, 0.2) is 4.99 Å². The molecule has 3 fully saturated rings. The van der Waals surface area contributed by atoms with Crippen molar-refractivity contribution in [3.05, 3.63) is 11.6 Å². The second kappa shape index (κ2) is 9.28. The first-order valence-electron chi connectivity index (χ1n) is 10.7. The number of likely N-dealkylation sites (tertiary alicyclic amines) is 2. The third-order valence-corrected chi connectivity index (χ3v) is 7.11. The summed E-state index contributed by atoms with van der Waals surface area (Å²) in [5.41, 5.74) is 0.576. The number of aryl methyl sites for hydroxylation is 1. The van der Waals surface area contributed by atoms with Crippen molar-refractivity contribution in [3.63, 3.8) is 0 Å². The fourth-order valence-corrected chi connectivity index (χ4v) is 4.95. The number of halogens is 1. The molecule has 1 aromatic heterocycles. The SMILES string of the molecule is CCN1CCCC1CNC(=NCc1nnc(C)n1C)N1CCC2(CCC2)C1.I. The Morgan fingerprint density at radius 2 is 2.04 bits per heavy atom. The van der Waals surface area contributed by atoms with Gasteiger partial charge < -0.3 is 14.8 Å². The quantitative estimate of drug-likeness (QED) is 0.382. The van der Waals surface area contributed by atoms with Crippen LogP contribution in [-0.4, -0.2) is 69.3 Å². The molecule has 1 aromatic rings. The van der Waals surface area contributed by atoms with Gasteiger partial charge in [0.1, 0.15) is 12.4 Å². The Balaban J connectivity index is 0.00000225. The molecule has 0 radical (unpaired) electrons. The average molecular weight is 501 g/mol. The molecule has 1 spiro atoms. The van der Waals surface area contributed by atoms with Crippen LogP contribution in [0.2, 0.25) is 0 Å². The van der Waals surface area contributed by atoms with Gasteiger partial charge in [-0.1, -0.05) is 13.3 Å². The van der Waals surface area contributed by atoms with Crippen LogP contribution in [0.5, 0.6) is 0 Å². The van der Waals surface area contributed by atoms with E-state index in [0.717, 1.165) is 37.2 Å². The van der Waals surface area contributed by atoms with Gasteiger partial charge in [0.2, 0.25) is 0 Å². The van der Waals surface area contributed by atoms with E-state index in [4.69, 9.17) is 4.99 Å². The Morgan fingerprint density at radius 1 is 1.21 bits per heavy atom. The zero-order valence-corrected chi connectivity index (χ0v) is 20.0. The molecule has 1 unspecified atom stereocenters. The van der Waals surface area contributed by atoms with Gasteiger partial charge in [-0.3, -0.25) is 4.90 Å². The highest BCUT2D eigenvalue weighted by atomic mass is 127. The van der Waals surface area contributed by atoms with Gasteiger partial charge in [0.15, 0.2) is 11.8 Å². The second-order valence-corrected chi connectivity index (χ2v) is 8.69. The fourth-order valence-electron chi connectivity index (χ4n) is 4.95. The molecule has 7 nitrogen and oxygen atoms in total. The highest BCUT2D eigenvalue weighted by molar-refractivity contribution is 14.0. The molecular formula is C20H36IN7. The summed E-state index contributed by atoms with van der Waals surface area (Å²) in [5.74, 6) is 2.94. The standard InChI is InChI=1S/C20H35N7.HI/c1-4-26-11-5-7-17(26)13-21-19(22-14-18-24-23-16(2)25(18)3)27-12-10-20(15-27)8-6-9-20;/h17H,4-15H2,1-3H3,(H,21,22);1H. The van der Waals surface area contributed by atoms with Crippen LogP contribution in [0.3, 0.4) is 0 Å². The van der Waals surface area contributed by atoms with Crippen molar-refractivity contribution in [1.82, 2.24) is 29.9 Å². The third-order valence-electron chi connectivity index (χ3n) is 7.11. The predicted molar refractivity (Wildman–Crippen MR) is 123 cm³/mol. The lowest BCUT2D eigenvalue weighted by atomic mass is 9.68. The van der Waals surface area contributed by atoms with E-state index in [1.165, 1.54) is 51.6 Å². The van der Waals surface area contributed by atoms with Crippen molar-refractivity contribution in [2.24, 2.45) is 17.5 Å². The lowest BCUT2D eigenvalue weighted by molar-refractivity contribution is 0.151. The Bertz CT molecular complexity index is 682. The normalized spacial score (nSPS) is 24.5. The summed E-state index contributed by atoms with van der Waals surface area (Å²) in [6.45, 7) is 10.5. The van der Waals surface area contributed by atoms with Crippen LogP contribution < -0.4 is 5.32 Å². The van der Waals surface area contributed by atoms with Crippen LogP contribution in [0.1, 0.15) is 57.1 Å². The Labute approximate surface area is 186 Å². The van der Waals surface area contributed by atoms with E-state index in [1.54, 1.807) is 0 Å². The number of aliphatic imine (C=N–C) groups is 1. The summed E-state index contributed by atoms with van der Waals surface area (Å²) in [6, 6.07) is 0.637. The van der Waals surface area contributed by atoms with E-state index >= 15 is 0 Å². The third kappa shape index (κ3) is 4.47. The van der Waals surface area contributed by atoms with E-state index in [1.807, 2.05) is 18.5 Å². The molecule has 1 saturated carbocycles. The van der Waals surface area contributed by atoms with Crippen molar-refractivity contribution in [2.45, 2.75) is 65.0 Å². The van der Waals surface area contributed by atoms with Crippen molar-refractivity contribution in [2.75, 3.05) is 32.7 Å². The van der Waals surface area contributed by atoms with Gasteiger partial charge >= 0.3 is 0 Å². The summed E-state index contributed by atoms with van der Waals surface area (Å²) >= 11 is 0. The number of aromatic nitrogens is 3. The van der Waals surface area contributed by atoms with Crippen molar-refractivity contribution in [3.8, 4) is 0 Å². The molecule has 3 aliphatic rings. The number of hydrogen-bond acceptors (Lipinski definition) is 4. The van der Waals surface area contributed by atoms with E-state index in [0.29, 0.717) is 18.0 Å². The molecule has 158 valence electrons. The largest absolute Gasteiger partial charge is 0.355 e. The van der Waals surface area contributed by atoms with Gasteiger partial charge in [0, 0.05) is 32.7 Å². The van der Waals surface area contributed by atoms with Gasteiger partial charge in [-0.15, -0.1) is 34.2 Å². The highest BCUT2D eigenvalue weighted by Gasteiger charge is 2.43. The molecule has 0 amide bonds. The molecule has 4 rings (SSSR count). The lowest BCUT2D eigenvalue weighted by Gasteiger charge is -2.38. The molecule has 0 aromatic carbocycles. The minimum atomic E-state index is 0. The molecule has 1 atom stereocenters. The number of hydrogen-bond donors (Lipinski definition) is 1.